The van der Waals surface area contributed by atoms with Gasteiger partial charge in [0.2, 0.25) is 0 Å². The number of hydrogen-bond donors (Lipinski definition) is 1. The van der Waals surface area contributed by atoms with Crippen molar-refractivity contribution in [2.24, 2.45) is 5.73 Å². The van der Waals surface area contributed by atoms with Gasteiger partial charge in [0.05, 0.1) is 11.1 Å². The number of rotatable bonds is 5. The van der Waals surface area contributed by atoms with E-state index in [1.165, 1.54) is 4.90 Å². The molecule has 1 heterocycles. The van der Waals surface area contributed by atoms with Crippen LogP contribution in [0.25, 0.3) is 0 Å². The molecule has 1 aliphatic rings. The molecule has 0 radical (unpaired) electrons. The average molecular weight is 246 g/mol. The van der Waals surface area contributed by atoms with Crippen LogP contribution in [-0.4, -0.2) is 29.3 Å². The molecule has 0 aromatic heterocycles. The third-order valence-corrected chi connectivity index (χ3v) is 3.22. The van der Waals surface area contributed by atoms with Gasteiger partial charge in [0.25, 0.3) is 11.8 Å². The number of unbranched alkanes of at least 4 members (excludes halogenated alkanes) is 1. The molecule has 4 nitrogen and oxygen atoms in total. The molecule has 2 amide bonds. The Hall–Kier alpha value is -1.68. The number of fused-ring (bicyclic) bond motifs is 1. The van der Waals surface area contributed by atoms with Crippen molar-refractivity contribution in [1.29, 1.82) is 0 Å². The molecule has 1 aromatic rings. The van der Waals surface area contributed by atoms with Crippen LogP contribution in [-0.2, 0) is 0 Å². The minimum atomic E-state index is -0.220. The second-order valence-corrected chi connectivity index (χ2v) is 4.67. The highest BCUT2D eigenvalue weighted by Gasteiger charge is 2.35. The first kappa shape index (κ1) is 12.8. The van der Waals surface area contributed by atoms with E-state index in [0.717, 1.165) is 19.3 Å². The maximum atomic E-state index is 12.1. The van der Waals surface area contributed by atoms with Crippen molar-refractivity contribution < 1.29 is 9.59 Å². The van der Waals surface area contributed by atoms with E-state index in [2.05, 4.69) is 6.92 Å². The molecule has 4 heteroatoms. The van der Waals surface area contributed by atoms with E-state index >= 15 is 0 Å². The van der Waals surface area contributed by atoms with Gasteiger partial charge in [-0.3, -0.25) is 14.5 Å². The first-order chi connectivity index (χ1) is 8.65. The number of imide groups is 1. The number of benzene rings is 1. The Kier molecular flexibility index (Phi) is 3.77. The van der Waals surface area contributed by atoms with E-state index in [1.54, 1.807) is 24.3 Å². The largest absolute Gasteiger partial charge is 0.326 e. The molecule has 1 aromatic carbocycles. The maximum Gasteiger partial charge on any atom is 0.261 e. The highest BCUT2D eigenvalue weighted by Crippen LogP contribution is 2.22. The lowest BCUT2D eigenvalue weighted by Gasteiger charge is -2.18. The molecule has 0 spiro atoms. The van der Waals surface area contributed by atoms with Crippen molar-refractivity contribution in [3.63, 3.8) is 0 Å². The molecule has 0 saturated heterocycles. The zero-order chi connectivity index (χ0) is 13.1. The molecule has 0 aliphatic carbocycles. The van der Waals surface area contributed by atoms with Crippen LogP contribution in [0.1, 0.15) is 46.9 Å². The summed E-state index contributed by atoms with van der Waals surface area (Å²) < 4.78 is 0. The second-order valence-electron chi connectivity index (χ2n) is 4.67. The molecule has 2 N–H and O–H groups in total. The predicted molar refractivity (Wildman–Crippen MR) is 69.3 cm³/mol. The summed E-state index contributed by atoms with van der Waals surface area (Å²) in [6.07, 6.45) is 2.92. The number of amides is 2. The molecule has 0 fully saturated rings. The molecule has 0 bridgehead atoms. The average Bonchev–Trinajstić information content (AvgIpc) is 2.62. The lowest BCUT2D eigenvalue weighted by Crippen LogP contribution is -2.40. The van der Waals surface area contributed by atoms with Crippen LogP contribution in [0.2, 0.25) is 0 Å². The molecule has 1 aliphatic heterocycles. The van der Waals surface area contributed by atoms with Crippen LogP contribution in [0.4, 0.5) is 0 Å². The number of nitrogens with zero attached hydrogens (tertiary/aromatic N) is 1. The van der Waals surface area contributed by atoms with Crippen molar-refractivity contribution in [1.82, 2.24) is 4.90 Å². The highest BCUT2D eigenvalue weighted by atomic mass is 16.2. The summed E-state index contributed by atoms with van der Waals surface area (Å²) in [5, 5.41) is 0. The fraction of sp³-hybridized carbons (Fsp3) is 0.429. The predicted octanol–water partition coefficient (Wildman–Crippen LogP) is 1.80. The Labute approximate surface area is 107 Å². The minimum absolute atomic E-state index is 0.132. The van der Waals surface area contributed by atoms with E-state index in [9.17, 15) is 9.59 Å². The molecule has 0 saturated carbocycles. The van der Waals surface area contributed by atoms with Gasteiger partial charge in [-0.25, -0.2) is 0 Å². The topological polar surface area (TPSA) is 63.4 Å². The third kappa shape index (κ3) is 2.29. The Morgan fingerprint density at radius 2 is 1.72 bits per heavy atom. The molecule has 96 valence electrons. The van der Waals surface area contributed by atoms with Crippen molar-refractivity contribution >= 4 is 11.8 Å². The van der Waals surface area contributed by atoms with Crippen LogP contribution in [0, 0.1) is 0 Å². The normalized spacial score (nSPS) is 16.0. The van der Waals surface area contributed by atoms with E-state index in [4.69, 9.17) is 5.73 Å². The standard InChI is InChI=1S/C14H18N2O2/c1-2-3-6-10(15)9-16-13(17)11-7-4-5-8-12(11)14(16)18/h4-5,7-8,10H,2-3,6,9,15H2,1H3/t10-/m1/s1. The summed E-state index contributed by atoms with van der Waals surface area (Å²) in [6, 6.07) is 6.78. The molecule has 18 heavy (non-hydrogen) atoms. The van der Waals surface area contributed by atoms with E-state index in [-0.39, 0.29) is 17.9 Å². The minimum Gasteiger partial charge on any atom is -0.326 e. The molecule has 2 rings (SSSR count). The van der Waals surface area contributed by atoms with E-state index in [0.29, 0.717) is 17.7 Å². The third-order valence-electron chi connectivity index (χ3n) is 3.22. The van der Waals surface area contributed by atoms with Gasteiger partial charge in [-0.2, -0.15) is 0 Å². The van der Waals surface area contributed by atoms with Gasteiger partial charge in [0.15, 0.2) is 0 Å². The van der Waals surface area contributed by atoms with Crippen molar-refractivity contribution in [2.45, 2.75) is 32.2 Å². The van der Waals surface area contributed by atoms with E-state index < -0.39 is 0 Å². The Morgan fingerprint density at radius 1 is 1.17 bits per heavy atom. The van der Waals surface area contributed by atoms with Crippen LogP contribution in [0.3, 0.4) is 0 Å². The quantitative estimate of drug-likeness (QED) is 0.806. The Bertz CT molecular complexity index is 436. The smallest absolute Gasteiger partial charge is 0.261 e. The first-order valence-corrected chi connectivity index (χ1v) is 6.36. The molecule has 1 atom stereocenters. The number of carbonyl (C=O) groups is 2. The lowest BCUT2D eigenvalue weighted by molar-refractivity contribution is 0.0643. The number of nitrogens with two attached hydrogens (primary N) is 1. The molecule has 0 unspecified atom stereocenters. The van der Waals surface area contributed by atoms with Gasteiger partial charge >= 0.3 is 0 Å². The molecular weight excluding hydrogens is 228 g/mol. The van der Waals surface area contributed by atoms with Gasteiger partial charge in [0, 0.05) is 12.6 Å². The van der Waals surface area contributed by atoms with Gasteiger partial charge in [0.1, 0.15) is 0 Å². The van der Waals surface area contributed by atoms with Gasteiger partial charge in [-0.1, -0.05) is 31.9 Å². The summed E-state index contributed by atoms with van der Waals surface area (Å²) in [7, 11) is 0. The number of carbonyl (C=O) groups excluding carboxylic acids is 2. The Balaban J connectivity index is 2.09. The van der Waals surface area contributed by atoms with E-state index in [1.807, 2.05) is 0 Å². The maximum absolute atomic E-state index is 12.1. The summed E-state index contributed by atoms with van der Waals surface area (Å²) in [4.78, 5) is 25.4. The monoisotopic (exact) mass is 246 g/mol. The van der Waals surface area contributed by atoms with Crippen molar-refractivity contribution in [3.8, 4) is 0 Å². The summed E-state index contributed by atoms with van der Waals surface area (Å²) in [5.74, 6) is -0.440. The fourth-order valence-corrected chi connectivity index (χ4v) is 2.20. The lowest BCUT2D eigenvalue weighted by atomic mass is 10.1. The SMILES string of the molecule is CCCC[C@@H](N)CN1C(=O)c2ccccc2C1=O. The zero-order valence-electron chi connectivity index (χ0n) is 10.6. The summed E-state index contributed by atoms with van der Waals surface area (Å²) >= 11 is 0. The van der Waals surface area contributed by atoms with Crippen molar-refractivity contribution in [2.75, 3.05) is 6.54 Å². The summed E-state index contributed by atoms with van der Waals surface area (Å²) in [6.45, 7) is 2.40. The van der Waals surface area contributed by atoms with Crippen LogP contribution < -0.4 is 5.73 Å². The van der Waals surface area contributed by atoms with Gasteiger partial charge < -0.3 is 5.73 Å². The van der Waals surface area contributed by atoms with Gasteiger partial charge in [-0.05, 0) is 18.6 Å². The van der Waals surface area contributed by atoms with Crippen LogP contribution in [0.15, 0.2) is 24.3 Å². The van der Waals surface area contributed by atoms with Gasteiger partial charge in [-0.15, -0.1) is 0 Å². The molecular formula is C14H18N2O2. The zero-order valence-corrected chi connectivity index (χ0v) is 10.6. The number of hydrogen-bond acceptors (Lipinski definition) is 3. The van der Waals surface area contributed by atoms with Crippen LogP contribution in [0.5, 0.6) is 0 Å². The second kappa shape index (κ2) is 5.31. The summed E-state index contributed by atoms with van der Waals surface area (Å²) in [5.41, 5.74) is 6.93. The first-order valence-electron chi connectivity index (χ1n) is 6.36. The highest BCUT2D eigenvalue weighted by molar-refractivity contribution is 6.21. The fourth-order valence-electron chi connectivity index (χ4n) is 2.20. The van der Waals surface area contributed by atoms with Crippen molar-refractivity contribution in [3.05, 3.63) is 35.4 Å². The van der Waals surface area contributed by atoms with Crippen LogP contribution >= 0.6 is 0 Å². The Morgan fingerprint density at radius 3 is 2.22 bits per heavy atom.